The molecule has 102 valence electrons. The monoisotopic (exact) mass is 272 g/mol. The van der Waals surface area contributed by atoms with Gasteiger partial charge in [0.15, 0.2) is 0 Å². The minimum absolute atomic E-state index is 0.0814. The predicted octanol–water partition coefficient (Wildman–Crippen LogP) is 1.40. The normalized spacial score (nSPS) is 13.7. The lowest BCUT2D eigenvalue weighted by atomic mass is 10.1. The number of benzene rings is 1. The first-order valence-electron chi connectivity index (χ1n) is 6.28. The van der Waals surface area contributed by atoms with Gasteiger partial charge in [-0.2, -0.15) is 0 Å². The van der Waals surface area contributed by atoms with E-state index in [-0.39, 0.29) is 17.7 Å². The maximum atomic E-state index is 12.8. The Morgan fingerprint density at radius 2 is 2.05 bits per heavy atom. The Hall–Kier alpha value is -2.50. The molecule has 1 aromatic heterocycles. The number of nitrogens with two attached hydrogens (primary N) is 1. The molecule has 0 bridgehead atoms. The molecule has 2 N–H and O–H groups in total. The number of carbonyl (C=O) groups is 1. The smallest absolute Gasteiger partial charge is 0.257 e. The number of halogens is 1. The van der Waals surface area contributed by atoms with Gasteiger partial charge in [0.2, 0.25) is 5.95 Å². The standard InChI is InChI=1S/C14H13FN4O/c15-10-3-1-9(2-4-10)5-6-19-8-12-11(13(19)20)7-17-14(16)18-12/h1-4,7H,5-6,8H2,(H2,16,17,18). The van der Waals surface area contributed by atoms with Crippen LogP contribution in [0.5, 0.6) is 0 Å². The van der Waals surface area contributed by atoms with E-state index >= 15 is 0 Å². The topological polar surface area (TPSA) is 72.1 Å². The van der Waals surface area contributed by atoms with Gasteiger partial charge in [-0.15, -0.1) is 0 Å². The summed E-state index contributed by atoms with van der Waals surface area (Å²) in [6.45, 7) is 1.00. The van der Waals surface area contributed by atoms with Crippen LogP contribution in [-0.2, 0) is 13.0 Å². The van der Waals surface area contributed by atoms with Crippen molar-refractivity contribution in [3.05, 3.63) is 53.1 Å². The number of amides is 1. The molecule has 0 unspecified atom stereocenters. The average molecular weight is 272 g/mol. The highest BCUT2D eigenvalue weighted by Crippen LogP contribution is 2.21. The number of carbonyl (C=O) groups excluding carboxylic acids is 1. The van der Waals surface area contributed by atoms with Gasteiger partial charge in [-0.3, -0.25) is 4.79 Å². The van der Waals surface area contributed by atoms with Crippen LogP contribution < -0.4 is 5.73 Å². The van der Waals surface area contributed by atoms with Crippen LogP contribution in [-0.4, -0.2) is 27.3 Å². The molecule has 0 saturated heterocycles. The van der Waals surface area contributed by atoms with Gasteiger partial charge in [0.1, 0.15) is 5.82 Å². The Morgan fingerprint density at radius 3 is 2.80 bits per heavy atom. The van der Waals surface area contributed by atoms with E-state index < -0.39 is 0 Å². The number of hydrogen-bond donors (Lipinski definition) is 1. The molecule has 1 aliphatic rings. The quantitative estimate of drug-likeness (QED) is 0.916. The fraction of sp³-hybridized carbons (Fsp3) is 0.214. The van der Waals surface area contributed by atoms with E-state index in [1.807, 2.05) is 0 Å². The Morgan fingerprint density at radius 1 is 1.30 bits per heavy atom. The van der Waals surface area contributed by atoms with E-state index in [0.29, 0.717) is 30.8 Å². The molecule has 2 heterocycles. The summed E-state index contributed by atoms with van der Waals surface area (Å²) in [5.41, 5.74) is 7.68. The van der Waals surface area contributed by atoms with Gasteiger partial charge in [0, 0.05) is 12.7 Å². The maximum Gasteiger partial charge on any atom is 0.257 e. The Balaban J connectivity index is 1.68. The van der Waals surface area contributed by atoms with Crippen LogP contribution >= 0.6 is 0 Å². The van der Waals surface area contributed by atoms with Gasteiger partial charge in [0.25, 0.3) is 5.91 Å². The lowest BCUT2D eigenvalue weighted by Gasteiger charge is -2.14. The molecule has 0 fully saturated rings. The maximum absolute atomic E-state index is 12.8. The van der Waals surface area contributed by atoms with Gasteiger partial charge in [0.05, 0.1) is 17.8 Å². The van der Waals surface area contributed by atoms with E-state index in [0.717, 1.165) is 5.56 Å². The molecule has 6 heteroatoms. The van der Waals surface area contributed by atoms with Crippen LogP contribution in [0.1, 0.15) is 21.6 Å². The molecule has 0 spiro atoms. The van der Waals surface area contributed by atoms with Crippen molar-refractivity contribution >= 4 is 11.9 Å². The molecule has 1 aromatic carbocycles. The van der Waals surface area contributed by atoms with Crippen LogP contribution in [0.3, 0.4) is 0 Å². The first kappa shape index (κ1) is 12.5. The lowest BCUT2D eigenvalue weighted by Crippen LogP contribution is -2.26. The third-order valence-corrected chi connectivity index (χ3v) is 3.33. The summed E-state index contributed by atoms with van der Waals surface area (Å²) in [4.78, 5) is 21.7. The number of nitrogens with zero attached hydrogens (tertiary/aromatic N) is 3. The van der Waals surface area contributed by atoms with Crippen LogP contribution in [0, 0.1) is 5.82 Å². The van der Waals surface area contributed by atoms with Gasteiger partial charge < -0.3 is 10.6 Å². The average Bonchev–Trinajstić information content (AvgIpc) is 2.74. The molecule has 3 rings (SSSR count). The van der Waals surface area contributed by atoms with E-state index in [2.05, 4.69) is 9.97 Å². The van der Waals surface area contributed by atoms with Crippen LogP contribution in [0.25, 0.3) is 0 Å². The van der Waals surface area contributed by atoms with Crippen molar-refractivity contribution in [2.45, 2.75) is 13.0 Å². The van der Waals surface area contributed by atoms with Gasteiger partial charge >= 0.3 is 0 Å². The summed E-state index contributed by atoms with van der Waals surface area (Å²) >= 11 is 0. The zero-order valence-corrected chi connectivity index (χ0v) is 10.7. The third-order valence-electron chi connectivity index (χ3n) is 3.33. The summed E-state index contributed by atoms with van der Waals surface area (Å²) in [6, 6.07) is 6.28. The highest BCUT2D eigenvalue weighted by Gasteiger charge is 2.28. The van der Waals surface area contributed by atoms with E-state index in [1.54, 1.807) is 17.0 Å². The first-order valence-corrected chi connectivity index (χ1v) is 6.28. The molecule has 1 amide bonds. The molecule has 2 aromatic rings. The van der Waals surface area contributed by atoms with Crippen LogP contribution in [0.4, 0.5) is 10.3 Å². The fourth-order valence-electron chi connectivity index (χ4n) is 2.25. The van der Waals surface area contributed by atoms with Crippen molar-refractivity contribution in [1.82, 2.24) is 14.9 Å². The minimum Gasteiger partial charge on any atom is -0.368 e. The van der Waals surface area contributed by atoms with Crippen LogP contribution in [0.15, 0.2) is 30.5 Å². The summed E-state index contributed by atoms with van der Waals surface area (Å²) in [5, 5.41) is 0. The number of rotatable bonds is 3. The zero-order valence-electron chi connectivity index (χ0n) is 10.7. The van der Waals surface area contributed by atoms with E-state index in [9.17, 15) is 9.18 Å². The van der Waals surface area contributed by atoms with Crippen molar-refractivity contribution in [3.63, 3.8) is 0 Å². The molecule has 5 nitrogen and oxygen atoms in total. The summed E-state index contributed by atoms with van der Waals surface area (Å²) in [6.07, 6.45) is 2.14. The SMILES string of the molecule is Nc1ncc2c(n1)CN(CCc1ccc(F)cc1)C2=O. The zero-order chi connectivity index (χ0) is 14.1. The third kappa shape index (κ3) is 2.32. The van der Waals surface area contributed by atoms with Crippen molar-refractivity contribution in [1.29, 1.82) is 0 Å². The molecular formula is C14H13FN4O. The van der Waals surface area contributed by atoms with Crippen molar-refractivity contribution in [3.8, 4) is 0 Å². The Labute approximate surface area is 115 Å². The Bertz CT molecular complexity index is 657. The van der Waals surface area contributed by atoms with E-state index in [1.165, 1.54) is 18.3 Å². The number of fused-ring (bicyclic) bond motifs is 1. The lowest BCUT2D eigenvalue weighted by molar-refractivity contribution is 0.0779. The largest absolute Gasteiger partial charge is 0.368 e. The number of nitrogen functional groups attached to an aromatic ring is 1. The second kappa shape index (κ2) is 4.88. The van der Waals surface area contributed by atoms with Crippen LogP contribution in [0.2, 0.25) is 0 Å². The second-order valence-corrected chi connectivity index (χ2v) is 4.69. The van der Waals surface area contributed by atoms with Crippen molar-refractivity contribution in [2.24, 2.45) is 0 Å². The summed E-state index contributed by atoms with van der Waals surface area (Å²) < 4.78 is 12.8. The number of hydrogen-bond acceptors (Lipinski definition) is 4. The molecule has 20 heavy (non-hydrogen) atoms. The predicted molar refractivity (Wildman–Crippen MR) is 71.3 cm³/mol. The highest BCUT2D eigenvalue weighted by atomic mass is 19.1. The summed E-state index contributed by atoms with van der Waals surface area (Å²) in [7, 11) is 0. The van der Waals surface area contributed by atoms with Crippen molar-refractivity contribution < 1.29 is 9.18 Å². The second-order valence-electron chi connectivity index (χ2n) is 4.69. The highest BCUT2D eigenvalue weighted by molar-refractivity contribution is 5.97. The fourth-order valence-corrected chi connectivity index (χ4v) is 2.25. The molecule has 0 aliphatic carbocycles. The molecule has 0 saturated carbocycles. The Kier molecular flexibility index (Phi) is 3.06. The minimum atomic E-state index is -0.260. The van der Waals surface area contributed by atoms with Gasteiger partial charge in [-0.1, -0.05) is 12.1 Å². The first-order chi connectivity index (χ1) is 9.63. The molecule has 1 aliphatic heterocycles. The van der Waals surface area contributed by atoms with E-state index in [4.69, 9.17) is 5.73 Å². The molecular weight excluding hydrogens is 259 g/mol. The van der Waals surface area contributed by atoms with Gasteiger partial charge in [-0.05, 0) is 24.1 Å². The van der Waals surface area contributed by atoms with Gasteiger partial charge in [-0.25, -0.2) is 14.4 Å². The number of anilines is 1. The van der Waals surface area contributed by atoms with Crippen molar-refractivity contribution in [2.75, 3.05) is 12.3 Å². The molecule has 0 atom stereocenters. The summed E-state index contributed by atoms with van der Waals surface area (Å²) in [5.74, 6) is -0.164. The molecule has 0 radical (unpaired) electrons. The number of aromatic nitrogens is 2.